The van der Waals surface area contributed by atoms with Gasteiger partial charge in [0, 0.05) is 5.39 Å². The molecule has 0 fully saturated rings. The van der Waals surface area contributed by atoms with Gasteiger partial charge in [0.25, 0.3) is 0 Å². The van der Waals surface area contributed by atoms with E-state index in [4.69, 9.17) is 13.9 Å². The Balaban J connectivity index is 1.44. The van der Waals surface area contributed by atoms with Gasteiger partial charge >= 0.3 is 5.91 Å². The van der Waals surface area contributed by atoms with Crippen LogP contribution in [0.15, 0.2) is 80.7 Å². The maximum Gasteiger partial charge on any atom is 0.307 e. The molecule has 1 heterocycles. The number of amides is 1. The van der Waals surface area contributed by atoms with Gasteiger partial charge < -0.3 is 13.9 Å². The molecule has 0 atom stereocenters. The van der Waals surface area contributed by atoms with Crippen molar-refractivity contribution in [1.82, 2.24) is 5.43 Å². The van der Waals surface area contributed by atoms with Gasteiger partial charge in [0.1, 0.15) is 12.2 Å². The summed E-state index contributed by atoms with van der Waals surface area (Å²) in [7, 11) is 1.57. The highest BCUT2D eigenvalue weighted by atomic mass is 79.9. The Labute approximate surface area is 194 Å². The van der Waals surface area contributed by atoms with Gasteiger partial charge in [-0.3, -0.25) is 4.79 Å². The standard InChI is InChI=1S/C25H21BrN2O4/c1-16-7-9-17(10-8-16)15-31-24-20(26)11-18(12-22(24)30-2)14-27-28-25(29)23-13-19-5-3-4-6-21(19)32-23/h3-14H,15H2,1-2H3,(H,28,29)/b27-14+. The maximum atomic E-state index is 12.3. The first kappa shape index (κ1) is 21.6. The molecule has 0 aliphatic carbocycles. The molecule has 0 aliphatic rings. The number of hydrogen-bond donors (Lipinski definition) is 1. The van der Waals surface area contributed by atoms with E-state index in [2.05, 4.69) is 26.5 Å². The normalized spacial score (nSPS) is 11.1. The van der Waals surface area contributed by atoms with Crippen molar-refractivity contribution in [2.75, 3.05) is 7.11 Å². The number of methoxy groups -OCH3 is 1. The van der Waals surface area contributed by atoms with E-state index in [-0.39, 0.29) is 5.76 Å². The molecule has 0 radical (unpaired) electrons. The molecule has 0 saturated heterocycles. The Bertz CT molecular complexity index is 1250. The molecule has 4 aromatic rings. The summed E-state index contributed by atoms with van der Waals surface area (Å²) in [5.41, 5.74) is 6.11. The number of halogens is 1. The van der Waals surface area contributed by atoms with E-state index < -0.39 is 5.91 Å². The first-order chi connectivity index (χ1) is 15.5. The number of furan rings is 1. The molecule has 0 bridgehead atoms. The van der Waals surface area contributed by atoms with Crippen LogP contribution in [0.4, 0.5) is 0 Å². The van der Waals surface area contributed by atoms with Crippen molar-refractivity contribution >= 4 is 39.0 Å². The fourth-order valence-electron chi connectivity index (χ4n) is 3.11. The number of benzene rings is 3. The number of hydrazone groups is 1. The zero-order valence-electron chi connectivity index (χ0n) is 17.6. The smallest absolute Gasteiger partial charge is 0.307 e. The molecule has 0 unspecified atom stereocenters. The van der Waals surface area contributed by atoms with E-state index in [1.165, 1.54) is 11.8 Å². The SMILES string of the molecule is COc1cc(/C=N/NC(=O)c2cc3ccccc3o2)cc(Br)c1OCc1ccc(C)cc1. The summed E-state index contributed by atoms with van der Waals surface area (Å²) in [5.74, 6) is 0.914. The molecular weight excluding hydrogens is 472 g/mol. The predicted octanol–water partition coefficient (Wildman–Crippen LogP) is 5.86. The van der Waals surface area contributed by atoms with Crippen molar-refractivity contribution in [1.29, 1.82) is 0 Å². The maximum absolute atomic E-state index is 12.3. The van der Waals surface area contributed by atoms with Crippen molar-refractivity contribution in [2.24, 2.45) is 5.10 Å². The summed E-state index contributed by atoms with van der Waals surface area (Å²) in [6.07, 6.45) is 1.53. The third kappa shape index (κ3) is 5.00. The molecule has 1 aromatic heterocycles. The lowest BCUT2D eigenvalue weighted by Crippen LogP contribution is -2.16. The van der Waals surface area contributed by atoms with Crippen LogP contribution in [0.1, 0.15) is 27.2 Å². The monoisotopic (exact) mass is 492 g/mol. The highest BCUT2D eigenvalue weighted by Gasteiger charge is 2.13. The van der Waals surface area contributed by atoms with Crippen LogP contribution >= 0.6 is 15.9 Å². The minimum absolute atomic E-state index is 0.196. The van der Waals surface area contributed by atoms with Crippen LogP contribution in [0.3, 0.4) is 0 Å². The molecule has 3 aromatic carbocycles. The van der Waals surface area contributed by atoms with E-state index in [9.17, 15) is 4.79 Å². The van der Waals surface area contributed by atoms with Gasteiger partial charge in [-0.1, -0.05) is 48.0 Å². The van der Waals surface area contributed by atoms with E-state index >= 15 is 0 Å². The van der Waals surface area contributed by atoms with E-state index in [0.29, 0.717) is 28.2 Å². The first-order valence-electron chi connectivity index (χ1n) is 9.91. The zero-order valence-corrected chi connectivity index (χ0v) is 19.2. The number of fused-ring (bicyclic) bond motifs is 1. The molecule has 32 heavy (non-hydrogen) atoms. The highest BCUT2D eigenvalue weighted by molar-refractivity contribution is 9.10. The number of carbonyl (C=O) groups excluding carboxylic acids is 1. The molecule has 4 rings (SSSR count). The lowest BCUT2D eigenvalue weighted by Gasteiger charge is -2.13. The van der Waals surface area contributed by atoms with Crippen molar-refractivity contribution in [3.8, 4) is 11.5 Å². The second-order valence-electron chi connectivity index (χ2n) is 7.16. The average Bonchev–Trinajstić information content (AvgIpc) is 3.23. The Hall–Kier alpha value is -3.58. The van der Waals surface area contributed by atoms with Crippen LogP contribution in [0.5, 0.6) is 11.5 Å². The first-order valence-corrected chi connectivity index (χ1v) is 10.7. The van der Waals surface area contributed by atoms with Gasteiger partial charge in [-0.2, -0.15) is 5.10 Å². The third-order valence-corrected chi connectivity index (χ3v) is 5.37. The number of nitrogens with zero attached hydrogens (tertiary/aromatic N) is 1. The van der Waals surface area contributed by atoms with Crippen LogP contribution in [-0.4, -0.2) is 19.2 Å². The topological polar surface area (TPSA) is 73.1 Å². The van der Waals surface area contributed by atoms with Gasteiger partial charge in [0.05, 0.1) is 17.8 Å². The van der Waals surface area contributed by atoms with Crippen molar-refractivity contribution < 1.29 is 18.7 Å². The number of para-hydroxylation sites is 1. The van der Waals surface area contributed by atoms with Gasteiger partial charge in [0.2, 0.25) is 0 Å². The Kier molecular flexibility index (Phi) is 6.56. The van der Waals surface area contributed by atoms with E-state index in [1.807, 2.05) is 61.5 Å². The van der Waals surface area contributed by atoms with Crippen LogP contribution in [0.2, 0.25) is 0 Å². The molecule has 7 heteroatoms. The summed E-state index contributed by atoms with van der Waals surface area (Å²) in [6, 6.07) is 20.9. The van der Waals surface area contributed by atoms with Gasteiger partial charge in [-0.25, -0.2) is 5.43 Å². The summed E-state index contributed by atoms with van der Waals surface area (Å²) >= 11 is 3.53. The molecule has 1 N–H and O–H groups in total. The minimum Gasteiger partial charge on any atom is -0.493 e. The lowest BCUT2D eigenvalue weighted by molar-refractivity contribution is 0.0929. The number of carbonyl (C=O) groups is 1. The van der Waals surface area contributed by atoms with Crippen LogP contribution < -0.4 is 14.9 Å². The lowest BCUT2D eigenvalue weighted by atomic mass is 10.2. The van der Waals surface area contributed by atoms with Gasteiger partial charge in [0.15, 0.2) is 17.3 Å². The van der Waals surface area contributed by atoms with Crippen molar-refractivity contribution in [3.63, 3.8) is 0 Å². The molecule has 0 spiro atoms. The summed E-state index contributed by atoms with van der Waals surface area (Å²) in [4.78, 5) is 12.3. The summed E-state index contributed by atoms with van der Waals surface area (Å²) in [6.45, 7) is 2.46. The van der Waals surface area contributed by atoms with E-state index in [0.717, 1.165) is 16.5 Å². The summed E-state index contributed by atoms with van der Waals surface area (Å²) < 4.78 is 17.7. The number of ether oxygens (including phenoxy) is 2. The minimum atomic E-state index is -0.429. The zero-order chi connectivity index (χ0) is 22.5. The number of aryl methyl sites for hydroxylation is 1. The van der Waals surface area contributed by atoms with E-state index in [1.54, 1.807) is 19.2 Å². The Morgan fingerprint density at radius 1 is 1.12 bits per heavy atom. The number of rotatable bonds is 7. The predicted molar refractivity (Wildman–Crippen MR) is 127 cm³/mol. The van der Waals surface area contributed by atoms with Crippen LogP contribution in [0, 0.1) is 6.92 Å². The Morgan fingerprint density at radius 3 is 2.66 bits per heavy atom. The van der Waals surface area contributed by atoms with Crippen molar-refractivity contribution in [2.45, 2.75) is 13.5 Å². The highest BCUT2D eigenvalue weighted by Crippen LogP contribution is 2.36. The molecule has 6 nitrogen and oxygen atoms in total. The number of hydrogen-bond acceptors (Lipinski definition) is 5. The largest absolute Gasteiger partial charge is 0.493 e. The molecule has 1 amide bonds. The second-order valence-corrected chi connectivity index (χ2v) is 8.01. The average molecular weight is 493 g/mol. The van der Waals surface area contributed by atoms with Gasteiger partial charge in [-0.15, -0.1) is 0 Å². The fourth-order valence-corrected chi connectivity index (χ4v) is 3.68. The number of nitrogens with one attached hydrogen (secondary N) is 1. The second kappa shape index (κ2) is 9.70. The molecule has 162 valence electrons. The Morgan fingerprint density at radius 2 is 1.91 bits per heavy atom. The van der Waals surface area contributed by atoms with Crippen molar-refractivity contribution in [3.05, 3.63) is 93.7 Å². The fraction of sp³-hybridized carbons (Fsp3) is 0.120. The van der Waals surface area contributed by atoms with Crippen LogP contribution in [0.25, 0.3) is 11.0 Å². The molecular formula is C25H21BrN2O4. The van der Waals surface area contributed by atoms with Crippen LogP contribution in [-0.2, 0) is 6.61 Å². The summed E-state index contributed by atoms with van der Waals surface area (Å²) in [5, 5.41) is 4.89. The quantitative estimate of drug-likeness (QED) is 0.259. The molecule has 0 saturated carbocycles. The van der Waals surface area contributed by atoms with Gasteiger partial charge in [-0.05, 0) is 58.2 Å². The molecule has 0 aliphatic heterocycles. The third-order valence-electron chi connectivity index (χ3n) is 4.78.